The Balaban J connectivity index is 1.68. The minimum Gasteiger partial charge on any atom is -0.341 e. The third-order valence-electron chi connectivity index (χ3n) is 5.59. The molecule has 0 spiro atoms. The Bertz CT molecular complexity index is 736. The number of rotatable bonds is 5. The van der Waals surface area contributed by atoms with Crippen LogP contribution in [-0.2, 0) is 14.8 Å². The van der Waals surface area contributed by atoms with Crippen LogP contribution in [0.4, 0.5) is 4.39 Å². The molecule has 1 aliphatic carbocycles. The number of hydrogen-bond acceptors (Lipinski definition) is 3. The van der Waals surface area contributed by atoms with Gasteiger partial charge in [0.25, 0.3) is 0 Å². The number of carbonyl (C=O) groups excluding carboxylic acids is 1. The van der Waals surface area contributed by atoms with Gasteiger partial charge in [0.15, 0.2) is 0 Å². The number of sulfonamides is 1. The zero-order valence-electron chi connectivity index (χ0n) is 15.2. The van der Waals surface area contributed by atoms with E-state index in [-0.39, 0.29) is 35.4 Å². The molecule has 5 nitrogen and oxygen atoms in total. The van der Waals surface area contributed by atoms with E-state index in [4.69, 9.17) is 0 Å². The number of halogens is 1. The molecule has 1 heterocycles. The van der Waals surface area contributed by atoms with Crippen molar-refractivity contribution in [2.45, 2.75) is 51.0 Å². The van der Waals surface area contributed by atoms with Gasteiger partial charge >= 0.3 is 0 Å². The molecule has 1 aromatic rings. The summed E-state index contributed by atoms with van der Waals surface area (Å²) in [7, 11) is -3.27. The summed E-state index contributed by atoms with van der Waals surface area (Å²) >= 11 is 0. The van der Waals surface area contributed by atoms with Crippen molar-refractivity contribution in [1.29, 1.82) is 0 Å². The molecule has 144 valence electrons. The smallest absolute Gasteiger partial charge is 0.226 e. The van der Waals surface area contributed by atoms with E-state index in [1.807, 2.05) is 4.90 Å². The number of carbonyl (C=O) groups is 1. The van der Waals surface area contributed by atoms with Crippen molar-refractivity contribution < 1.29 is 17.6 Å². The van der Waals surface area contributed by atoms with E-state index in [1.165, 1.54) is 12.1 Å². The normalized spacial score (nSPS) is 26.8. The van der Waals surface area contributed by atoms with Gasteiger partial charge in [0.1, 0.15) is 5.82 Å². The molecule has 2 fully saturated rings. The molecule has 1 unspecified atom stereocenters. The highest BCUT2D eigenvalue weighted by molar-refractivity contribution is 7.89. The summed E-state index contributed by atoms with van der Waals surface area (Å²) in [6, 6.07) is 6.25. The Morgan fingerprint density at radius 3 is 2.62 bits per heavy atom. The molecule has 3 rings (SSSR count). The van der Waals surface area contributed by atoms with Gasteiger partial charge in [0, 0.05) is 25.0 Å². The lowest BCUT2D eigenvalue weighted by Gasteiger charge is -2.35. The average Bonchev–Trinajstić information content (AvgIpc) is 3.11. The topological polar surface area (TPSA) is 66.5 Å². The zero-order chi connectivity index (χ0) is 18.7. The van der Waals surface area contributed by atoms with Crippen LogP contribution >= 0.6 is 0 Å². The minimum absolute atomic E-state index is 0.0483. The molecule has 1 saturated carbocycles. The standard InChI is InChI=1S/C19H27FN2O3S/c1-2-26(24,25)21-16-5-4-12-22(13-16)19(23)18-7-3-6-17(18)14-8-10-15(20)11-9-14/h8-11,16-18,21H,2-7,12-13H2,1H3/t16?,17-,18-/m1/s1. The molecule has 1 aliphatic heterocycles. The van der Waals surface area contributed by atoms with E-state index in [0.717, 1.165) is 37.7 Å². The highest BCUT2D eigenvalue weighted by Gasteiger charge is 2.38. The first kappa shape index (κ1) is 19.3. The molecule has 0 radical (unpaired) electrons. The van der Waals surface area contributed by atoms with Crippen LogP contribution in [0.2, 0.25) is 0 Å². The average molecular weight is 383 g/mol. The molecule has 0 bridgehead atoms. The fourth-order valence-electron chi connectivity index (χ4n) is 4.21. The van der Waals surface area contributed by atoms with Crippen molar-refractivity contribution in [1.82, 2.24) is 9.62 Å². The molecule has 1 N–H and O–H groups in total. The van der Waals surface area contributed by atoms with Gasteiger partial charge < -0.3 is 4.90 Å². The van der Waals surface area contributed by atoms with Gasteiger partial charge in [-0.2, -0.15) is 0 Å². The van der Waals surface area contributed by atoms with E-state index in [0.29, 0.717) is 13.1 Å². The highest BCUT2D eigenvalue weighted by Crippen LogP contribution is 2.41. The van der Waals surface area contributed by atoms with E-state index >= 15 is 0 Å². The van der Waals surface area contributed by atoms with Crippen LogP contribution in [0.3, 0.4) is 0 Å². The number of likely N-dealkylation sites (tertiary alicyclic amines) is 1. The number of amides is 1. The largest absolute Gasteiger partial charge is 0.341 e. The first-order valence-corrected chi connectivity index (χ1v) is 11.1. The van der Waals surface area contributed by atoms with Crippen LogP contribution in [0.1, 0.15) is 50.5 Å². The second kappa shape index (κ2) is 8.05. The summed E-state index contributed by atoms with van der Waals surface area (Å²) in [6.45, 7) is 2.72. The summed E-state index contributed by atoms with van der Waals surface area (Å²) in [4.78, 5) is 14.9. The molecule has 26 heavy (non-hydrogen) atoms. The number of hydrogen-bond donors (Lipinski definition) is 1. The van der Waals surface area contributed by atoms with E-state index in [1.54, 1.807) is 19.1 Å². The molecule has 0 aromatic heterocycles. The van der Waals surface area contributed by atoms with Gasteiger partial charge in [-0.1, -0.05) is 18.6 Å². The number of nitrogens with zero attached hydrogens (tertiary/aromatic N) is 1. The summed E-state index contributed by atoms with van der Waals surface area (Å²) in [6.07, 6.45) is 4.31. The predicted molar refractivity (Wildman–Crippen MR) is 98.7 cm³/mol. The Kier molecular flexibility index (Phi) is 5.97. The maximum Gasteiger partial charge on any atom is 0.226 e. The van der Waals surface area contributed by atoms with Crippen molar-refractivity contribution in [2.24, 2.45) is 5.92 Å². The molecule has 1 aromatic carbocycles. The van der Waals surface area contributed by atoms with Crippen molar-refractivity contribution in [3.8, 4) is 0 Å². The van der Waals surface area contributed by atoms with Gasteiger partial charge in [-0.05, 0) is 56.2 Å². The second-order valence-electron chi connectivity index (χ2n) is 7.34. The van der Waals surface area contributed by atoms with Crippen molar-refractivity contribution in [3.63, 3.8) is 0 Å². The summed E-state index contributed by atoms with van der Waals surface area (Å²) in [5.74, 6) is -0.0843. The minimum atomic E-state index is -3.27. The first-order valence-electron chi connectivity index (χ1n) is 9.44. The van der Waals surface area contributed by atoms with Crippen molar-refractivity contribution in [2.75, 3.05) is 18.8 Å². The van der Waals surface area contributed by atoms with Crippen LogP contribution in [0.25, 0.3) is 0 Å². The van der Waals surface area contributed by atoms with Gasteiger partial charge in [0.2, 0.25) is 15.9 Å². The number of piperidine rings is 1. The second-order valence-corrected chi connectivity index (χ2v) is 9.38. The van der Waals surface area contributed by atoms with Gasteiger partial charge in [-0.25, -0.2) is 17.5 Å². The third-order valence-corrected chi connectivity index (χ3v) is 7.04. The first-order chi connectivity index (χ1) is 12.4. The maximum absolute atomic E-state index is 13.2. The highest BCUT2D eigenvalue weighted by atomic mass is 32.2. The lowest BCUT2D eigenvalue weighted by atomic mass is 9.87. The molecular formula is C19H27FN2O3S. The fourth-order valence-corrected chi connectivity index (χ4v) is 5.08. The third kappa shape index (κ3) is 4.43. The molecule has 2 aliphatic rings. The lowest BCUT2D eigenvalue weighted by molar-refractivity contribution is -0.137. The quantitative estimate of drug-likeness (QED) is 0.851. The molecule has 1 amide bonds. The molecule has 7 heteroatoms. The Morgan fingerprint density at radius 2 is 1.92 bits per heavy atom. The molecule has 3 atom stereocenters. The Morgan fingerprint density at radius 1 is 1.19 bits per heavy atom. The lowest BCUT2D eigenvalue weighted by Crippen LogP contribution is -2.51. The van der Waals surface area contributed by atoms with Crippen molar-refractivity contribution in [3.05, 3.63) is 35.6 Å². The summed E-state index contributed by atoms with van der Waals surface area (Å²) in [5, 5.41) is 0. The Labute approximate surface area is 155 Å². The predicted octanol–water partition coefficient (Wildman–Crippen LogP) is 2.64. The summed E-state index contributed by atoms with van der Waals surface area (Å²) in [5.41, 5.74) is 1.02. The number of nitrogens with one attached hydrogen (secondary N) is 1. The molecule has 1 saturated heterocycles. The van der Waals surface area contributed by atoms with Crippen molar-refractivity contribution >= 4 is 15.9 Å². The van der Waals surface area contributed by atoms with Crippen LogP contribution < -0.4 is 4.72 Å². The van der Waals surface area contributed by atoms with Crippen LogP contribution in [0, 0.1) is 11.7 Å². The van der Waals surface area contributed by atoms with Crippen LogP contribution in [0.15, 0.2) is 24.3 Å². The maximum atomic E-state index is 13.2. The van der Waals surface area contributed by atoms with E-state index < -0.39 is 10.0 Å². The van der Waals surface area contributed by atoms with Crippen LogP contribution in [0.5, 0.6) is 0 Å². The molecular weight excluding hydrogens is 355 g/mol. The van der Waals surface area contributed by atoms with Gasteiger partial charge in [-0.3, -0.25) is 4.79 Å². The van der Waals surface area contributed by atoms with Crippen LogP contribution in [-0.4, -0.2) is 44.1 Å². The number of benzene rings is 1. The SMILES string of the molecule is CCS(=O)(=O)NC1CCCN(C(=O)[C@@H]2CCC[C@@H]2c2ccc(F)cc2)C1. The zero-order valence-corrected chi connectivity index (χ0v) is 16.0. The van der Waals surface area contributed by atoms with E-state index in [9.17, 15) is 17.6 Å². The summed E-state index contributed by atoms with van der Waals surface area (Å²) < 4.78 is 39.5. The van der Waals surface area contributed by atoms with Gasteiger partial charge in [0.05, 0.1) is 5.75 Å². The Hall–Kier alpha value is -1.47. The van der Waals surface area contributed by atoms with Gasteiger partial charge in [-0.15, -0.1) is 0 Å². The fraction of sp³-hybridized carbons (Fsp3) is 0.632. The monoisotopic (exact) mass is 382 g/mol. The van der Waals surface area contributed by atoms with E-state index in [2.05, 4.69) is 4.72 Å².